The molecule has 2 fully saturated rings. The molecule has 5 heteroatoms. The van der Waals surface area contributed by atoms with Gasteiger partial charge in [-0.2, -0.15) is 0 Å². The fraction of sp³-hybridized carbons (Fsp3) is 0.929. The van der Waals surface area contributed by atoms with Crippen molar-refractivity contribution in [2.45, 2.75) is 47.0 Å². The second kappa shape index (κ2) is 4.55. The number of carbonyl (C=O) groups is 1. The molecule has 0 aliphatic heterocycles. The molecule has 1 N–H and O–H groups in total. The van der Waals surface area contributed by atoms with Crippen LogP contribution in [0, 0.1) is 22.7 Å². The SMILES string of the molecule is CC(C)CNS(=O)(=O)C[C@]12CC[C@@H](CC1=O)C2(C)C. The van der Waals surface area contributed by atoms with Crippen LogP contribution < -0.4 is 4.72 Å². The highest BCUT2D eigenvalue weighted by Crippen LogP contribution is 2.64. The highest BCUT2D eigenvalue weighted by atomic mass is 32.2. The Bertz CT molecular complexity index is 481. The Labute approximate surface area is 116 Å². The number of rotatable bonds is 5. The van der Waals surface area contributed by atoms with E-state index in [1.807, 2.05) is 13.8 Å². The molecule has 0 aromatic rings. The average molecular weight is 287 g/mol. The van der Waals surface area contributed by atoms with Crippen LogP contribution in [0.25, 0.3) is 0 Å². The number of carbonyl (C=O) groups excluding carboxylic acids is 1. The van der Waals surface area contributed by atoms with Gasteiger partial charge in [0.05, 0.1) is 5.75 Å². The number of hydrogen-bond donors (Lipinski definition) is 1. The van der Waals surface area contributed by atoms with Crippen molar-refractivity contribution in [1.82, 2.24) is 4.72 Å². The Morgan fingerprint density at radius 1 is 1.37 bits per heavy atom. The van der Waals surface area contributed by atoms with E-state index in [-0.39, 0.29) is 22.9 Å². The molecular weight excluding hydrogens is 262 g/mol. The van der Waals surface area contributed by atoms with Crippen LogP contribution in [0.15, 0.2) is 0 Å². The minimum absolute atomic E-state index is 0.0327. The van der Waals surface area contributed by atoms with Crippen molar-refractivity contribution >= 4 is 15.8 Å². The van der Waals surface area contributed by atoms with Crippen molar-refractivity contribution in [3.8, 4) is 0 Å². The van der Waals surface area contributed by atoms with Crippen molar-refractivity contribution in [2.24, 2.45) is 22.7 Å². The molecule has 4 nitrogen and oxygen atoms in total. The van der Waals surface area contributed by atoms with Gasteiger partial charge in [-0.1, -0.05) is 27.7 Å². The maximum Gasteiger partial charge on any atom is 0.212 e. The molecule has 0 aromatic heterocycles. The summed E-state index contributed by atoms with van der Waals surface area (Å²) in [4.78, 5) is 12.3. The standard InChI is InChI=1S/C14H25NO3S/c1-10(2)8-15-19(17,18)9-14-6-5-11(7-12(14)16)13(14,3)4/h10-11,15H,5-9H2,1-4H3/t11-,14+/m0/s1. The molecule has 0 aromatic carbocycles. The summed E-state index contributed by atoms with van der Waals surface area (Å²) in [6.07, 6.45) is 2.28. The Balaban J connectivity index is 2.20. The van der Waals surface area contributed by atoms with E-state index in [1.165, 1.54) is 0 Å². The van der Waals surface area contributed by atoms with Crippen molar-refractivity contribution in [3.05, 3.63) is 0 Å². The van der Waals surface area contributed by atoms with Crippen LogP contribution in [0.3, 0.4) is 0 Å². The molecule has 0 heterocycles. The van der Waals surface area contributed by atoms with Crippen LogP contribution in [-0.4, -0.2) is 26.5 Å². The third-order valence-corrected chi connectivity index (χ3v) is 6.77. The molecule has 19 heavy (non-hydrogen) atoms. The van der Waals surface area contributed by atoms with Gasteiger partial charge in [0.25, 0.3) is 0 Å². The molecule has 0 saturated heterocycles. The third-order valence-electron chi connectivity index (χ3n) is 5.29. The van der Waals surface area contributed by atoms with E-state index in [1.54, 1.807) is 0 Å². The number of ketones is 1. The number of Topliss-reactive ketones (excluding diaryl/α,β-unsaturated/α-hetero) is 1. The number of sulfonamides is 1. The zero-order valence-corrected chi connectivity index (χ0v) is 13.1. The zero-order chi connectivity index (χ0) is 14.5. The first-order valence-electron chi connectivity index (χ1n) is 7.11. The average Bonchev–Trinajstić information content (AvgIpc) is 2.60. The summed E-state index contributed by atoms with van der Waals surface area (Å²) in [7, 11) is -3.38. The molecule has 2 saturated carbocycles. The van der Waals surface area contributed by atoms with Crippen LogP contribution in [0.5, 0.6) is 0 Å². The first-order valence-corrected chi connectivity index (χ1v) is 8.76. The molecule has 2 aliphatic carbocycles. The van der Waals surface area contributed by atoms with Crippen molar-refractivity contribution in [2.75, 3.05) is 12.3 Å². The minimum Gasteiger partial charge on any atom is -0.299 e. The monoisotopic (exact) mass is 287 g/mol. The zero-order valence-electron chi connectivity index (χ0n) is 12.3. The molecule has 0 unspecified atom stereocenters. The van der Waals surface area contributed by atoms with Gasteiger partial charge in [-0.25, -0.2) is 13.1 Å². The van der Waals surface area contributed by atoms with Crippen LogP contribution in [0.2, 0.25) is 0 Å². The van der Waals surface area contributed by atoms with Crippen molar-refractivity contribution < 1.29 is 13.2 Å². The summed E-state index contributed by atoms with van der Waals surface area (Å²) in [5.74, 6) is 0.759. The van der Waals surface area contributed by atoms with Gasteiger partial charge in [0, 0.05) is 18.4 Å². The lowest BCUT2D eigenvalue weighted by Crippen LogP contribution is -2.45. The van der Waals surface area contributed by atoms with Gasteiger partial charge in [-0.3, -0.25) is 4.79 Å². The van der Waals surface area contributed by atoms with Crippen LogP contribution in [0.1, 0.15) is 47.0 Å². The predicted octanol–water partition coefficient (Wildman–Crippen LogP) is 1.96. The molecule has 0 spiro atoms. The Morgan fingerprint density at radius 2 is 2.00 bits per heavy atom. The molecule has 110 valence electrons. The topological polar surface area (TPSA) is 63.2 Å². The summed E-state index contributed by atoms with van der Waals surface area (Å²) >= 11 is 0. The maximum absolute atomic E-state index is 12.3. The summed E-state index contributed by atoms with van der Waals surface area (Å²) in [5.41, 5.74) is -0.836. The third kappa shape index (κ3) is 2.35. The Hall–Kier alpha value is -0.420. The Morgan fingerprint density at radius 3 is 2.42 bits per heavy atom. The minimum atomic E-state index is -3.38. The lowest BCUT2D eigenvalue weighted by atomic mass is 9.70. The highest BCUT2D eigenvalue weighted by Gasteiger charge is 2.65. The molecule has 2 aliphatic rings. The summed E-state index contributed by atoms with van der Waals surface area (Å²) in [6.45, 7) is 8.51. The maximum atomic E-state index is 12.3. The largest absolute Gasteiger partial charge is 0.299 e. The van der Waals surface area contributed by atoms with E-state index >= 15 is 0 Å². The van der Waals surface area contributed by atoms with Crippen LogP contribution in [0.4, 0.5) is 0 Å². The summed E-state index contributed by atoms with van der Waals surface area (Å²) < 4.78 is 27.1. The quantitative estimate of drug-likeness (QED) is 0.840. The van der Waals surface area contributed by atoms with Gasteiger partial charge in [0.1, 0.15) is 5.78 Å². The Kier molecular flexibility index (Phi) is 3.59. The van der Waals surface area contributed by atoms with E-state index in [4.69, 9.17) is 0 Å². The van der Waals surface area contributed by atoms with Gasteiger partial charge in [-0.05, 0) is 30.1 Å². The first kappa shape index (κ1) is 15.0. The summed E-state index contributed by atoms with van der Waals surface area (Å²) in [5, 5.41) is 0. The summed E-state index contributed by atoms with van der Waals surface area (Å²) in [6, 6.07) is 0. The predicted molar refractivity (Wildman–Crippen MR) is 75.2 cm³/mol. The van der Waals surface area contributed by atoms with Gasteiger partial charge in [0.15, 0.2) is 0 Å². The van der Waals surface area contributed by atoms with E-state index in [0.717, 1.165) is 12.8 Å². The second-order valence-corrected chi connectivity index (χ2v) is 8.97. The fourth-order valence-corrected chi connectivity index (χ4v) is 5.79. The van der Waals surface area contributed by atoms with Gasteiger partial charge in [0.2, 0.25) is 10.0 Å². The lowest BCUT2D eigenvalue weighted by Gasteiger charge is -2.36. The van der Waals surface area contributed by atoms with Gasteiger partial charge >= 0.3 is 0 Å². The molecule has 2 atom stereocenters. The normalized spacial score (nSPS) is 33.3. The fourth-order valence-electron chi connectivity index (χ4n) is 3.78. The van der Waals surface area contributed by atoms with Crippen LogP contribution >= 0.6 is 0 Å². The number of nitrogens with one attached hydrogen (secondary N) is 1. The molecule has 2 bridgehead atoms. The van der Waals surface area contributed by atoms with Crippen LogP contribution in [-0.2, 0) is 14.8 Å². The first-order chi connectivity index (χ1) is 8.61. The van der Waals surface area contributed by atoms with E-state index in [0.29, 0.717) is 18.9 Å². The van der Waals surface area contributed by atoms with Crippen molar-refractivity contribution in [3.63, 3.8) is 0 Å². The van der Waals surface area contributed by atoms with Gasteiger partial charge < -0.3 is 0 Å². The van der Waals surface area contributed by atoms with Gasteiger partial charge in [-0.15, -0.1) is 0 Å². The highest BCUT2D eigenvalue weighted by molar-refractivity contribution is 7.89. The van der Waals surface area contributed by atoms with E-state index in [9.17, 15) is 13.2 Å². The number of hydrogen-bond acceptors (Lipinski definition) is 3. The second-order valence-electron chi connectivity index (χ2n) is 7.17. The van der Waals surface area contributed by atoms with Crippen molar-refractivity contribution in [1.29, 1.82) is 0 Å². The van der Waals surface area contributed by atoms with E-state index in [2.05, 4.69) is 18.6 Å². The molecule has 0 amide bonds. The molecular formula is C14H25NO3S. The molecule has 0 radical (unpaired) electrons. The van der Waals surface area contributed by atoms with E-state index < -0.39 is 15.4 Å². The number of fused-ring (bicyclic) bond motifs is 2. The lowest BCUT2D eigenvalue weighted by molar-refractivity contribution is -0.128. The smallest absolute Gasteiger partial charge is 0.212 e. The molecule has 2 rings (SSSR count).